The first kappa shape index (κ1) is 19.7. The third-order valence-electron chi connectivity index (χ3n) is 4.83. The minimum absolute atomic E-state index is 0.281. The molecular weight excluding hydrogens is 388 g/mol. The van der Waals surface area contributed by atoms with Crippen molar-refractivity contribution in [1.82, 2.24) is 4.90 Å². The molecule has 3 heterocycles. The Morgan fingerprint density at radius 1 is 1.07 bits per heavy atom. The molecule has 0 aliphatic carbocycles. The van der Waals surface area contributed by atoms with Gasteiger partial charge in [-0.1, -0.05) is 19.9 Å². The van der Waals surface area contributed by atoms with Gasteiger partial charge in [0.05, 0.1) is 31.1 Å². The Morgan fingerprint density at radius 3 is 2.41 bits per heavy atom. The van der Waals surface area contributed by atoms with Gasteiger partial charge in [0.15, 0.2) is 0 Å². The van der Waals surface area contributed by atoms with Crippen molar-refractivity contribution in [2.45, 2.75) is 13.8 Å². The van der Waals surface area contributed by atoms with Crippen LogP contribution in [0.1, 0.15) is 18.7 Å². The fraction of sp³-hybridized carbons (Fsp3) is 0.364. The molecular formula is C22H24N2O4S. The van der Waals surface area contributed by atoms with Gasteiger partial charge in [0.25, 0.3) is 11.8 Å². The van der Waals surface area contributed by atoms with Crippen LogP contribution in [0.4, 0.5) is 5.69 Å². The summed E-state index contributed by atoms with van der Waals surface area (Å²) in [5.74, 6) is 0.581. The normalized spacial score (nSPS) is 17.6. The molecule has 1 aromatic heterocycles. The molecule has 0 unspecified atom stereocenters. The predicted molar refractivity (Wildman–Crippen MR) is 113 cm³/mol. The zero-order valence-electron chi connectivity index (χ0n) is 16.6. The molecule has 29 heavy (non-hydrogen) atoms. The summed E-state index contributed by atoms with van der Waals surface area (Å²) in [7, 11) is 0. The highest BCUT2D eigenvalue weighted by Gasteiger charge is 2.43. The topological polar surface area (TPSA) is 59.1 Å². The van der Waals surface area contributed by atoms with E-state index in [2.05, 4.69) is 13.8 Å². The van der Waals surface area contributed by atoms with Crippen molar-refractivity contribution in [2.75, 3.05) is 37.8 Å². The average molecular weight is 413 g/mol. The Balaban J connectivity index is 1.65. The van der Waals surface area contributed by atoms with Gasteiger partial charge < -0.3 is 14.4 Å². The number of morpholine rings is 1. The van der Waals surface area contributed by atoms with Crippen LogP contribution in [-0.4, -0.2) is 49.6 Å². The third kappa shape index (κ3) is 3.93. The van der Waals surface area contributed by atoms with Gasteiger partial charge in [-0.05, 0) is 41.6 Å². The first-order chi connectivity index (χ1) is 14.1. The smallest absolute Gasteiger partial charge is 0.282 e. The number of carbonyl (C=O) groups excluding carboxylic acids is 2. The van der Waals surface area contributed by atoms with Crippen LogP contribution >= 0.6 is 11.3 Å². The van der Waals surface area contributed by atoms with Crippen LogP contribution in [-0.2, 0) is 14.3 Å². The van der Waals surface area contributed by atoms with E-state index in [1.807, 2.05) is 22.4 Å². The summed E-state index contributed by atoms with van der Waals surface area (Å²) in [6, 6.07) is 10.9. The molecule has 2 aromatic rings. The number of hydrogen-bond donors (Lipinski definition) is 0. The Morgan fingerprint density at radius 2 is 1.79 bits per heavy atom. The summed E-state index contributed by atoms with van der Waals surface area (Å²) >= 11 is 1.47. The van der Waals surface area contributed by atoms with Gasteiger partial charge in [0.2, 0.25) is 0 Å². The summed E-state index contributed by atoms with van der Waals surface area (Å²) in [6.45, 7) is 7.07. The van der Waals surface area contributed by atoms with Gasteiger partial charge in [-0.3, -0.25) is 9.59 Å². The number of carbonyl (C=O) groups is 2. The minimum Gasteiger partial charge on any atom is -0.493 e. The minimum atomic E-state index is -0.283. The van der Waals surface area contributed by atoms with Crippen molar-refractivity contribution >= 4 is 34.4 Å². The third-order valence-corrected chi connectivity index (χ3v) is 5.72. The fourth-order valence-corrected chi connectivity index (χ4v) is 4.19. The molecule has 2 amide bonds. The molecule has 152 valence electrons. The van der Waals surface area contributed by atoms with Crippen molar-refractivity contribution in [1.29, 1.82) is 0 Å². The van der Waals surface area contributed by atoms with Gasteiger partial charge in [0, 0.05) is 18.0 Å². The number of thiophene rings is 1. The molecule has 0 spiro atoms. The fourth-order valence-electron chi connectivity index (χ4n) is 3.43. The summed E-state index contributed by atoms with van der Waals surface area (Å²) in [6.07, 6.45) is 0. The van der Waals surface area contributed by atoms with Crippen molar-refractivity contribution in [3.63, 3.8) is 0 Å². The lowest BCUT2D eigenvalue weighted by Crippen LogP contribution is -2.40. The van der Waals surface area contributed by atoms with Crippen LogP contribution in [0.2, 0.25) is 0 Å². The SMILES string of the molecule is CC(C)COc1ccc(N2C(=O)C(c3cccs3)=C(N3CCOCC3)C2=O)cc1. The molecule has 0 saturated carbocycles. The Bertz CT molecular complexity index is 913. The number of nitrogens with zero attached hydrogens (tertiary/aromatic N) is 2. The average Bonchev–Trinajstić information content (AvgIpc) is 3.34. The van der Waals surface area contributed by atoms with E-state index in [1.165, 1.54) is 16.2 Å². The lowest BCUT2D eigenvalue weighted by atomic mass is 10.1. The van der Waals surface area contributed by atoms with Gasteiger partial charge in [-0.25, -0.2) is 4.90 Å². The molecule has 1 aromatic carbocycles. The number of anilines is 1. The molecule has 1 fully saturated rings. The van der Waals surface area contributed by atoms with Crippen LogP contribution in [0, 0.1) is 5.92 Å². The van der Waals surface area contributed by atoms with E-state index in [0.717, 1.165) is 10.6 Å². The van der Waals surface area contributed by atoms with Crippen LogP contribution in [0.25, 0.3) is 5.57 Å². The zero-order chi connectivity index (χ0) is 20.4. The number of amides is 2. The van der Waals surface area contributed by atoms with Gasteiger partial charge >= 0.3 is 0 Å². The van der Waals surface area contributed by atoms with Crippen molar-refractivity contribution in [3.8, 4) is 5.75 Å². The van der Waals surface area contributed by atoms with E-state index < -0.39 is 0 Å². The van der Waals surface area contributed by atoms with E-state index in [-0.39, 0.29) is 11.8 Å². The number of benzene rings is 1. The van der Waals surface area contributed by atoms with Crippen molar-refractivity contribution in [2.24, 2.45) is 5.92 Å². The summed E-state index contributed by atoms with van der Waals surface area (Å²) < 4.78 is 11.1. The molecule has 0 radical (unpaired) electrons. The molecule has 0 atom stereocenters. The van der Waals surface area contributed by atoms with E-state index in [1.54, 1.807) is 24.3 Å². The molecule has 4 rings (SSSR count). The predicted octanol–water partition coefficient (Wildman–Crippen LogP) is 3.40. The van der Waals surface area contributed by atoms with E-state index >= 15 is 0 Å². The van der Waals surface area contributed by atoms with Crippen LogP contribution in [0.5, 0.6) is 5.75 Å². The molecule has 1 saturated heterocycles. The molecule has 2 aliphatic heterocycles. The highest BCUT2D eigenvalue weighted by molar-refractivity contribution is 7.11. The second-order valence-electron chi connectivity index (χ2n) is 7.44. The lowest BCUT2D eigenvalue weighted by Gasteiger charge is -2.29. The first-order valence-corrected chi connectivity index (χ1v) is 10.7. The van der Waals surface area contributed by atoms with Gasteiger partial charge in [0.1, 0.15) is 11.4 Å². The van der Waals surface area contributed by atoms with Crippen LogP contribution < -0.4 is 9.64 Å². The van der Waals surface area contributed by atoms with Crippen molar-refractivity contribution in [3.05, 3.63) is 52.4 Å². The van der Waals surface area contributed by atoms with Crippen molar-refractivity contribution < 1.29 is 19.1 Å². The van der Waals surface area contributed by atoms with Crippen LogP contribution in [0.15, 0.2) is 47.5 Å². The molecule has 2 aliphatic rings. The number of ether oxygens (including phenoxy) is 2. The first-order valence-electron chi connectivity index (χ1n) is 9.78. The molecule has 7 heteroatoms. The summed E-state index contributed by atoms with van der Waals surface area (Å²) in [5.41, 5.74) is 1.50. The zero-order valence-corrected chi connectivity index (χ0v) is 17.4. The highest BCUT2D eigenvalue weighted by Crippen LogP contribution is 2.37. The summed E-state index contributed by atoms with van der Waals surface area (Å²) in [5, 5.41) is 1.92. The molecule has 6 nitrogen and oxygen atoms in total. The van der Waals surface area contributed by atoms with E-state index in [4.69, 9.17) is 9.47 Å². The van der Waals surface area contributed by atoms with Gasteiger partial charge in [-0.2, -0.15) is 0 Å². The maximum absolute atomic E-state index is 13.4. The van der Waals surface area contributed by atoms with Gasteiger partial charge in [-0.15, -0.1) is 11.3 Å². The van der Waals surface area contributed by atoms with Crippen LogP contribution in [0.3, 0.4) is 0 Å². The number of hydrogen-bond acceptors (Lipinski definition) is 6. The molecule has 0 bridgehead atoms. The highest BCUT2D eigenvalue weighted by atomic mass is 32.1. The standard InChI is InChI=1S/C22H24N2O4S/c1-15(2)14-28-17-7-5-16(6-8-17)24-21(25)19(18-4-3-13-29-18)20(22(24)26)23-9-11-27-12-10-23/h3-8,13,15H,9-12,14H2,1-2H3. The number of rotatable bonds is 6. The quantitative estimate of drug-likeness (QED) is 0.681. The Labute approximate surface area is 174 Å². The largest absolute Gasteiger partial charge is 0.493 e. The lowest BCUT2D eigenvalue weighted by molar-refractivity contribution is -0.121. The number of imide groups is 1. The van der Waals surface area contributed by atoms with E-state index in [9.17, 15) is 9.59 Å². The maximum Gasteiger partial charge on any atom is 0.282 e. The maximum atomic E-state index is 13.4. The monoisotopic (exact) mass is 412 g/mol. The second-order valence-corrected chi connectivity index (χ2v) is 8.39. The molecule has 0 N–H and O–H groups in total. The Kier molecular flexibility index (Phi) is 5.69. The Hall–Kier alpha value is -2.64. The second kappa shape index (κ2) is 8.39. The summed E-state index contributed by atoms with van der Waals surface area (Å²) in [4.78, 5) is 30.7. The van der Waals surface area contributed by atoms with E-state index in [0.29, 0.717) is 55.8 Å².